The van der Waals surface area contributed by atoms with E-state index in [2.05, 4.69) is 5.32 Å². The van der Waals surface area contributed by atoms with Gasteiger partial charge >= 0.3 is 5.97 Å². The molecule has 0 saturated carbocycles. The average molecular weight is 328 g/mol. The molecule has 0 spiro atoms. The number of esters is 1. The maximum Gasteiger partial charge on any atom is 0.310 e. The lowest BCUT2D eigenvalue weighted by atomic mass is 10.1. The highest BCUT2D eigenvalue weighted by molar-refractivity contribution is 5.94. The number of nitrogens with one attached hydrogen (secondary N) is 1. The molecule has 1 amide bonds. The van der Waals surface area contributed by atoms with Crippen LogP contribution in [-0.4, -0.2) is 23.4 Å². The van der Waals surface area contributed by atoms with Gasteiger partial charge in [-0.3, -0.25) is 19.7 Å². The molecule has 2 rings (SSSR count). The van der Waals surface area contributed by atoms with Gasteiger partial charge in [-0.15, -0.1) is 0 Å². The van der Waals surface area contributed by atoms with E-state index in [0.29, 0.717) is 0 Å². The number of carbonyl (C=O) groups excluding carboxylic acids is 2. The zero-order valence-corrected chi connectivity index (χ0v) is 13.0. The molecule has 0 saturated heterocycles. The van der Waals surface area contributed by atoms with Crippen LogP contribution in [0, 0.1) is 17.0 Å². The molecule has 2 aromatic rings. The van der Waals surface area contributed by atoms with Crippen LogP contribution in [0.1, 0.15) is 11.1 Å². The minimum absolute atomic E-state index is 0.0578. The number of para-hydroxylation sites is 2. The second-order valence-corrected chi connectivity index (χ2v) is 5.09. The summed E-state index contributed by atoms with van der Waals surface area (Å²) in [6.07, 6.45) is 0.0610. The van der Waals surface area contributed by atoms with Crippen LogP contribution in [0.15, 0.2) is 48.5 Å². The fraction of sp³-hybridized carbons (Fsp3) is 0.176. The Morgan fingerprint density at radius 1 is 1.12 bits per heavy atom. The SMILES string of the molecule is Cc1ccccc1CC(=O)OCC(=O)Nc1ccccc1[N+](=O)[O-]. The molecule has 0 radical (unpaired) electrons. The van der Waals surface area contributed by atoms with Crippen LogP contribution in [0.4, 0.5) is 11.4 Å². The van der Waals surface area contributed by atoms with Crippen LogP contribution < -0.4 is 5.32 Å². The summed E-state index contributed by atoms with van der Waals surface area (Å²) in [6, 6.07) is 13.1. The third-order valence-corrected chi connectivity index (χ3v) is 3.34. The van der Waals surface area contributed by atoms with Crippen molar-refractivity contribution in [2.24, 2.45) is 0 Å². The number of ether oxygens (including phenoxy) is 1. The number of nitro benzene ring substituents is 1. The highest BCUT2D eigenvalue weighted by Crippen LogP contribution is 2.22. The van der Waals surface area contributed by atoms with Crippen molar-refractivity contribution in [2.45, 2.75) is 13.3 Å². The number of nitrogens with zero attached hydrogens (tertiary/aromatic N) is 1. The van der Waals surface area contributed by atoms with Gasteiger partial charge in [-0.2, -0.15) is 0 Å². The number of rotatable bonds is 6. The number of carbonyl (C=O) groups is 2. The van der Waals surface area contributed by atoms with Crippen molar-refractivity contribution in [3.63, 3.8) is 0 Å². The molecule has 0 unspecified atom stereocenters. The van der Waals surface area contributed by atoms with Gasteiger partial charge in [0.25, 0.3) is 11.6 Å². The lowest BCUT2D eigenvalue weighted by Crippen LogP contribution is -2.22. The van der Waals surface area contributed by atoms with Crippen molar-refractivity contribution in [3.05, 3.63) is 69.8 Å². The van der Waals surface area contributed by atoms with Crippen LogP contribution in [-0.2, 0) is 20.7 Å². The largest absolute Gasteiger partial charge is 0.455 e. The fourth-order valence-corrected chi connectivity index (χ4v) is 2.09. The van der Waals surface area contributed by atoms with Gasteiger partial charge in [-0.05, 0) is 24.1 Å². The van der Waals surface area contributed by atoms with Crippen molar-refractivity contribution < 1.29 is 19.2 Å². The third kappa shape index (κ3) is 4.64. The quantitative estimate of drug-likeness (QED) is 0.499. The molecule has 24 heavy (non-hydrogen) atoms. The van der Waals surface area contributed by atoms with Crippen LogP contribution >= 0.6 is 0 Å². The Bertz CT molecular complexity index is 773. The summed E-state index contributed by atoms with van der Waals surface area (Å²) in [6.45, 7) is 1.38. The van der Waals surface area contributed by atoms with Gasteiger partial charge in [0, 0.05) is 6.07 Å². The van der Waals surface area contributed by atoms with E-state index in [4.69, 9.17) is 4.74 Å². The molecule has 0 aliphatic rings. The van der Waals surface area contributed by atoms with E-state index in [1.54, 1.807) is 6.07 Å². The Hall–Kier alpha value is -3.22. The number of hydrogen-bond acceptors (Lipinski definition) is 5. The Balaban J connectivity index is 1.89. The number of benzene rings is 2. The highest BCUT2D eigenvalue weighted by atomic mass is 16.6. The molecule has 0 aliphatic heterocycles. The second kappa shape index (κ2) is 7.87. The summed E-state index contributed by atoms with van der Waals surface area (Å²) < 4.78 is 4.91. The summed E-state index contributed by atoms with van der Waals surface area (Å²) in [5, 5.41) is 13.2. The summed E-state index contributed by atoms with van der Waals surface area (Å²) in [5.74, 6) is -1.18. The Morgan fingerprint density at radius 3 is 2.50 bits per heavy atom. The minimum atomic E-state index is -0.637. The first-order chi connectivity index (χ1) is 11.5. The average Bonchev–Trinajstić information content (AvgIpc) is 2.55. The summed E-state index contributed by atoms with van der Waals surface area (Å²) in [4.78, 5) is 33.9. The van der Waals surface area contributed by atoms with E-state index < -0.39 is 23.4 Å². The fourth-order valence-electron chi connectivity index (χ4n) is 2.09. The van der Waals surface area contributed by atoms with E-state index in [9.17, 15) is 19.7 Å². The standard InChI is InChI=1S/C17H16N2O5/c1-12-6-2-3-7-13(12)10-17(21)24-11-16(20)18-14-8-4-5-9-15(14)19(22)23/h2-9H,10-11H2,1H3,(H,18,20). The van der Waals surface area contributed by atoms with E-state index >= 15 is 0 Å². The Kier molecular flexibility index (Phi) is 5.62. The minimum Gasteiger partial charge on any atom is -0.455 e. The first-order valence-electron chi connectivity index (χ1n) is 7.21. The summed E-state index contributed by atoms with van der Waals surface area (Å²) in [7, 11) is 0. The van der Waals surface area contributed by atoms with E-state index in [1.807, 2.05) is 31.2 Å². The number of nitro groups is 1. The Labute approximate surface area is 138 Å². The Morgan fingerprint density at radius 2 is 1.79 bits per heavy atom. The lowest BCUT2D eigenvalue weighted by molar-refractivity contribution is -0.383. The molecular formula is C17H16N2O5. The van der Waals surface area contributed by atoms with Gasteiger partial charge in [0.2, 0.25) is 0 Å². The van der Waals surface area contributed by atoms with Crippen LogP contribution in [0.25, 0.3) is 0 Å². The van der Waals surface area contributed by atoms with Gasteiger partial charge in [0.15, 0.2) is 6.61 Å². The van der Waals surface area contributed by atoms with E-state index in [-0.39, 0.29) is 17.8 Å². The third-order valence-electron chi connectivity index (χ3n) is 3.34. The number of hydrogen-bond donors (Lipinski definition) is 1. The zero-order chi connectivity index (χ0) is 17.5. The second-order valence-electron chi connectivity index (χ2n) is 5.09. The normalized spacial score (nSPS) is 10.0. The first kappa shape index (κ1) is 17.1. The molecular weight excluding hydrogens is 312 g/mol. The van der Waals surface area contributed by atoms with Gasteiger partial charge in [0.05, 0.1) is 11.3 Å². The zero-order valence-electron chi connectivity index (χ0n) is 13.0. The molecule has 0 fully saturated rings. The first-order valence-corrected chi connectivity index (χ1v) is 7.21. The predicted molar refractivity (Wildman–Crippen MR) is 87.6 cm³/mol. The van der Waals surface area contributed by atoms with Crippen LogP contribution in [0.2, 0.25) is 0 Å². The molecule has 1 N–H and O–H groups in total. The predicted octanol–water partition coefficient (Wildman–Crippen LogP) is 2.63. The topological polar surface area (TPSA) is 98.5 Å². The molecule has 0 atom stereocenters. The van der Waals surface area contributed by atoms with Gasteiger partial charge < -0.3 is 10.1 Å². The van der Waals surface area contributed by atoms with E-state index in [1.165, 1.54) is 18.2 Å². The molecule has 0 aliphatic carbocycles. The van der Waals surface area contributed by atoms with Crippen LogP contribution in [0.5, 0.6) is 0 Å². The molecule has 7 nitrogen and oxygen atoms in total. The van der Waals surface area contributed by atoms with Gasteiger partial charge in [0.1, 0.15) is 5.69 Å². The molecule has 0 heterocycles. The number of anilines is 1. The van der Waals surface area contributed by atoms with Crippen molar-refractivity contribution in [3.8, 4) is 0 Å². The maximum absolute atomic E-state index is 11.8. The van der Waals surface area contributed by atoms with Crippen molar-refractivity contribution in [1.29, 1.82) is 0 Å². The van der Waals surface area contributed by atoms with Crippen molar-refractivity contribution in [1.82, 2.24) is 0 Å². The van der Waals surface area contributed by atoms with Crippen molar-refractivity contribution in [2.75, 3.05) is 11.9 Å². The summed E-state index contributed by atoms with van der Waals surface area (Å²) >= 11 is 0. The molecule has 0 aromatic heterocycles. The lowest BCUT2D eigenvalue weighted by Gasteiger charge is -2.08. The molecule has 0 bridgehead atoms. The van der Waals surface area contributed by atoms with Crippen LogP contribution in [0.3, 0.4) is 0 Å². The summed E-state index contributed by atoms with van der Waals surface area (Å²) in [5.41, 5.74) is 1.61. The smallest absolute Gasteiger partial charge is 0.310 e. The van der Waals surface area contributed by atoms with E-state index in [0.717, 1.165) is 11.1 Å². The highest BCUT2D eigenvalue weighted by Gasteiger charge is 2.16. The molecule has 7 heteroatoms. The maximum atomic E-state index is 11.8. The number of amides is 1. The number of aryl methyl sites for hydroxylation is 1. The molecule has 2 aromatic carbocycles. The monoisotopic (exact) mass is 328 g/mol. The van der Waals surface area contributed by atoms with Gasteiger partial charge in [-0.1, -0.05) is 36.4 Å². The van der Waals surface area contributed by atoms with Gasteiger partial charge in [-0.25, -0.2) is 0 Å². The van der Waals surface area contributed by atoms with Crippen molar-refractivity contribution >= 4 is 23.3 Å². The molecule has 124 valence electrons.